The first-order valence-corrected chi connectivity index (χ1v) is 6.75. The first-order chi connectivity index (χ1) is 11.1. The number of aromatic hydroxyl groups is 1. The van der Waals surface area contributed by atoms with Gasteiger partial charge in [0, 0.05) is 11.5 Å². The van der Waals surface area contributed by atoms with E-state index in [1.165, 1.54) is 38.7 Å². The molecule has 2 aromatic carbocycles. The van der Waals surface area contributed by atoms with Crippen molar-refractivity contribution in [1.29, 1.82) is 0 Å². The number of anilines is 2. The Morgan fingerprint density at radius 2 is 1.83 bits per heavy atom. The van der Waals surface area contributed by atoms with Crippen molar-refractivity contribution in [1.82, 2.24) is 9.97 Å². The Morgan fingerprint density at radius 3 is 2.57 bits per heavy atom. The molecule has 0 amide bonds. The molecule has 0 saturated heterocycles. The van der Waals surface area contributed by atoms with Crippen molar-refractivity contribution in [3.05, 3.63) is 42.5 Å². The fourth-order valence-electron chi connectivity index (χ4n) is 2.23. The summed E-state index contributed by atoms with van der Waals surface area (Å²) < 4.78 is 24.5. The number of hydrogen-bond acceptors (Lipinski definition) is 6. The van der Waals surface area contributed by atoms with E-state index in [-0.39, 0.29) is 5.69 Å². The zero-order valence-electron chi connectivity index (χ0n) is 12.5. The Kier molecular flexibility index (Phi) is 3.84. The summed E-state index contributed by atoms with van der Waals surface area (Å²) in [6.45, 7) is 0. The molecule has 23 heavy (non-hydrogen) atoms. The van der Waals surface area contributed by atoms with Crippen molar-refractivity contribution in [2.24, 2.45) is 0 Å². The highest BCUT2D eigenvalue weighted by Crippen LogP contribution is 2.35. The number of nitrogens with zero attached hydrogens (tertiary/aromatic N) is 2. The monoisotopic (exact) mass is 315 g/mol. The van der Waals surface area contributed by atoms with E-state index < -0.39 is 11.6 Å². The lowest BCUT2D eigenvalue weighted by molar-refractivity contribution is 0.356. The van der Waals surface area contributed by atoms with E-state index in [0.717, 1.165) is 0 Å². The molecule has 1 heterocycles. The minimum absolute atomic E-state index is 0.111. The summed E-state index contributed by atoms with van der Waals surface area (Å²) in [5.41, 5.74) is 0.723. The highest BCUT2D eigenvalue weighted by atomic mass is 19.1. The number of halogens is 1. The van der Waals surface area contributed by atoms with Gasteiger partial charge in [0.2, 0.25) is 0 Å². The van der Waals surface area contributed by atoms with E-state index in [2.05, 4.69) is 15.3 Å². The number of ether oxygens (including phenoxy) is 2. The molecule has 0 radical (unpaired) electrons. The zero-order chi connectivity index (χ0) is 16.4. The molecule has 0 fully saturated rings. The molecule has 0 aliphatic rings. The Hall–Kier alpha value is -3.09. The van der Waals surface area contributed by atoms with Crippen LogP contribution in [-0.2, 0) is 0 Å². The van der Waals surface area contributed by atoms with Crippen molar-refractivity contribution in [2.45, 2.75) is 0 Å². The number of aromatic nitrogens is 2. The van der Waals surface area contributed by atoms with E-state index in [9.17, 15) is 9.50 Å². The van der Waals surface area contributed by atoms with Crippen LogP contribution in [0.25, 0.3) is 10.9 Å². The molecule has 7 heteroatoms. The third-order valence-electron chi connectivity index (χ3n) is 3.37. The second kappa shape index (κ2) is 5.96. The van der Waals surface area contributed by atoms with Gasteiger partial charge in [0.25, 0.3) is 0 Å². The smallest absolute Gasteiger partial charge is 0.188 e. The van der Waals surface area contributed by atoms with Crippen LogP contribution in [0.5, 0.6) is 17.2 Å². The molecule has 0 atom stereocenters. The molecule has 3 aromatic rings. The van der Waals surface area contributed by atoms with Gasteiger partial charge in [-0.05, 0) is 18.2 Å². The minimum atomic E-state index is -0.750. The lowest BCUT2D eigenvalue weighted by Gasteiger charge is -2.12. The molecule has 0 aliphatic carbocycles. The number of phenolic OH excluding ortho intramolecular Hbond substituents is 1. The summed E-state index contributed by atoms with van der Waals surface area (Å²) in [6, 6.07) is 7.72. The molecule has 1 aromatic heterocycles. The molecule has 0 saturated carbocycles. The van der Waals surface area contributed by atoms with Crippen LogP contribution in [0.1, 0.15) is 0 Å². The summed E-state index contributed by atoms with van der Waals surface area (Å²) in [6.07, 6.45) is 1.36. The van der Waals surface area contributed by atoms with Gasteiger partial charge in [-0.3, -0.25) is 0 Å². The van der Waals surface area contributed by atoms with Crippen LogP contribution in [0.15, 0.2) is 36.7 Å². The number of rotatable bonds is 4. The topological polar surface area (TPSA) is 76.5 Å². The molecular weight excluding hydrogens is 301 g/mol. The first kappa shape index (κ1) is 14.8. The maximum atomic E-state index is 14.0. The largest absolute Gasteiger partial charge is 0.505 e. The van der Waals surface area contributed by atoms with Crippen LogP contribution >= 0.6 is 0 Å². The van der Waals surface area contributed by atoms with E-state index in [4.69, 9.17) is 9.47 Å². The molecular formula is C16H14FN3O3. The van der Waals surface area contributed by atoms with Gasteiger partial charge < -0.3 is 19.9 Å². The molecule has 118 valence electrons. The quantitative estimate of drug-likeness (QED) is 0.770. The molecule has 2 N–H and O–H groups in total. The first-order valence-electron chi connectivity index (χ1n) is 6.75. The number of methoxy groups -OCH3 is 2. The maximum Gasteiger partial charge on any atom is 0.188 e. The predicted molar refractivity (Wildman–Crippen MR) is 84.0 cm³/mol. The van der Waals surface area contributed by atoms with E-state index in [0.29, 0.717) is 28.2 Å². The number of benzene rings is 2. The van der Waals surface area contributed by atoms with Crippen LogP contribution in [0.4, 0.5) is 15.9 Å². The standard InChI is InChI=1S/C16H14FN3O3/c1-22-13-6-9-11(7-14(13)23-2)18-8-19-16(9)20-10-4-3-5-12(21)15(10)17/h3-8,21H,1-2H3,(H,18,19,20). The van der Waals surface area contributed by atoms with Crippen molar-refractivity contribution in [3.63, 3.8) is 0 Å². The third-order valence-corrected chi connectivity index (χ3v) is 3.37. The van der Waals surface area contributed by atoms with Gasteiger partial charge in [0.15, 0.2) is 23.1 Å². The minimum Gasteiger partial charge on any atom is -0.505 e. The average Bonchev–Trinajstić information content (AvgIpc) is 2.58. The van der Waals surface area contributed by atoms with Gasteiger partial charge >= 0.3 is 0 Å². The highest BCUT2D eigenvalue weighted by Gasteiger charge is 2.13. The number of hydrogen-bond donors (Lipinski definition) is 2. The third kappa shape index (κ3) is 2.68. The van der Waals surface area contributed by atoms with E-state index in [1.807, 2.05) is 0 Å². The van der Waals surface area contributed by atoms with Crippen molar-refractivity contribution >= 4 is 22.4 Å². The number of phenols is 1. The SMILES string of the molecule is COc1cc2ncnc(Nc3cccc(O)c3F)c2cc1OC. The molecule has 0 spiro atoms. The molecule has 3 rings (SSSR count). The van der Waals surface area contributed by atoms with Crippen LogP contribution in [-0.4, -0.2) is 29.3 Å². The Balaban J connectivity index is 2.12. The number of fused-ring (bicyclic) bond motifs is 1. The summed E-state index contributed by atoms with van der Waals surface area (Å²) in [4.78, 5) is 8.31. The Morgan fingerprint density at radius 1 is 1.09 bits per heavy atom. The van der Waals surface area contributed by atoms with Crippen LogP contribution in [0.3, 0.4) is 0 Å². The second-order valence-electron chi connectivity index (χ2n) is 4.71. The van der Waals surface area contributed by atoms with E-state index >= 15 is 0 Å². The lowest BCUT2D eigenvalue weighted by atomic mass is 10.2. The van der Waals surface area contributed by atoms with E-state index in [1.54, 1.807) is 12.1 Å². The second-order valence-corrected chi connectivity index (χ2v) is 4.71. The van der Waals surface area contributed by atoms with Gasteiger partial charge in [-0.15, -0.1) is 0 Å². The molecule has 0 unspecified atom stereocenters. The summed E-state index contributed by atoms with van der Waals surface area (Å²) >= 11 is 0. The van der Waals surface area contributed by atoms with Crippen LogP contribution < -0.4 is 14.8 Å². The van der Waals surface area contributed by atoms with Crippen molar-refractivity contribution < 1.29 is 19.0 Å². The van der Waals surface area contributed by atoms with Gasteiger partial charge in [-0.25, -0.2) is 14.4 Å². The number of nitrogens with one attached hydrogen (secondary N) is 1. The van der Waals surface area contributed by atoms with Gasteiger partial charge in [0.1, 0.15) is 12.1 Å². The van der Waals surface area contributed by atoms with Gasteiger partial charge in [-0.1, -0.05) is 6.07 Å². The van der Waals surface area contributed by atoms with Gasteiger partial charge in [-0.2, -0.15) is 0 Å². The van der Waals surface area contributed by atoms with Crippen molar-refractivity contribution in [3.8, 4) is 17.2 Å². The lowest BCUT2D eigenvalue weighted by Crippen LogP contribution is -1.99. The predicted octanol–water partition coefficient (Wildman–Crippen LogP) is 3.24. The summed E-state index contributed by atoms with van der Waals surface area (Å²) in [5.74, 6) is 0.246. The fourth-order valence-corrected chi connectivity index (χ4v) is 2.23. The van der Waals surface area contributed by atoms with Crippen LogP contribution in [0.2, 0.25) is 0 Å². The fraction of sp³-hybridized carbons (Fsp3) is 0.125. The summed E-state index contributed by atoms with van der Waals surface area (Å²) in [7, 11) is 3.06. The Labute approximate surface area is 131 Å². The molecule has 0 aliphatic heterocycles. The molecule has 6 nitrogen and oxygen atoms in total. The highest BCUT2D eigenvalue weighted by molar-refractivity contribution is 5.93. The zero-order valence-corrected chi connectivity index (χ0v) is 12.5. The normalized spacial score (nSPS) is 10.6. The summed E-state index contributed by atoms with van der Waals surface area (Å²) in [5, 5.41) is 13.0. The average molecular weight is 315 g/mol. The van der Waals surface area contributed by atoms with Gasteiger partial charge in [0.05, 0.1) is 25.4 Å². The molecule has 0 bridgehead atoms. The Bertz CT molecular complexity index is 871. The van der Waals surface area contributed by atoms with Crippen LogP contribution in [0, 0.1) is 5.82 Å². The maximum absolute atomic E-state index is 14.0. The van der Waals surface area contributed by atoms with Crippen molar-refractivity contribution in [2.75, 3.05) is 19.5 Å².